The maximum absolute atomic E-state index is 10.2. The van der Waals surface area contributed by atoms with Crippen molar-refractivity contribution in [1.29, 1.82) is 0 Å². The van der Waals surface area contributed by atoms with Gasteiger partial charge in [0.1, 0.15) is 12.3 Å². The molecule has 0 fully saturated rings. The zero-order valence-corrected chi connectivity index (χ0v) is 10.2. The number of primary amides is 1. The number of nitrogens with two attached hydrogens (primary N) is 1. The SMILES string of the molecule is NC(=O)OCc1ccccc1.O=Cc1ccccn1. The first-order valence-electron chi connectivity index (χ1n) is 5.54. The third-order valence-electron chi connectivity index (χ3n) is 2.03. The van der Waals surface area contributed by atoms with Crippen molar-refractivity contribution in [2.45, 2.75) is 6.61 Å². The smallest absolute Gasteiger partial charge is 0.404 e. The highest BCUT2D eigenvalue weighted by Gasteiger charge is 1.93. The van der Waals surface area contributed by atoms with E-state index >= 15 is 0 Å². The highest BCUT2D eigenvalue weighted by molar-refractivity contribution is 5.71. The minimum Gasteiger partial charge on any atom is -0.445 e. The molecule has 1 heterocycles. The van der Waals surface area contributed by atoms with Gasteiger partial charge in [-0.2, -0.15) is 0 Å². The highest BCUT2D eigenvalue weighted by atomic mass is 16.5. The molecule has 0 bridgehead atoms. The molecular weight excluding hydrogens is 244 g/mol. The number of carbonyl (C=O) groups is 2. The molecule has 1 aromatic heterocycles. The molecule has 2 N–H and O–H groups in total. The molecule has 1 aromatic carbocycles. The van der Waals surface area contributed by atoms with Crippen molar-refractivity contribution >= 4 is 12.4 Å². The van der Waals surface area contributed by atoms with E-state index in [0.717, 1.165) is 11.8 Å². The number of amides is 1. The molecule has 0 aliphatic carbocycles. The standard InChI is InChI=1S/C8H9NO2.C6H5NO/c9-8(10)11-6-7-4-2-1-3-5-7;8-5-6-3-1-2-4-7-6/h1-5H,6H2,(H2,9,10);1-5H. The Morgan fingerprint density at radius 2 is 1.84 bits per heavy atom. The fourth-order valence-corrected chi connectivity index (χ4v) is 1.17. The van der Waals surface area contributed by atoms with Crippen LogP contribution >= 0.6 is 0 Å². The van der Waals surface area contributed by atoms with Gasteiger partial charge in [-0.05, 0) is 17.7 Å². The van der Waals surface area contributed by atoms with Crippen LogP contribution in [-0.2, 0) is 11.3 Å². The predicted octanol–water partition coefficient (Wildman–Crippen LogP) is 2.18. The summed E-state index contributed by atoms with van der Waals surface area (Å²) in [5.41, 5.74) is 6.19. The van der Waals surface area contributed by atoms with E-state index in [-0.39, 0.29) is 6.61 Å². The van der Waals surface area contributed by atoms with Gasteiger partial charge in [0, 0.05) is 6.20 Å². The number of benzene rings is 1. The molecule has 0 unspecified atom stereocenters. The van der Waals surface area contributed by atoms with Crippen LogP contribution < -0.4 is 5.73 Å². The van der Waals surface area contributed by atoms with E-state index in [2.05, 4.69) is 9.72 Å². The van der Waals surface area contributed by atoms with Gasteiger partial charge >= 0.3 is 6.09 Å². The number of carbonyl (C=O) groups excluding carboxylic acids is 2. The Bertz CT molecular complexity index is 501. The lowest BCUT2D eigenvalue weighted by atomic mass is 10.2. The van der Waals surface area contributed by atoms with Crippen LogP contribution in [0.3, 0.4) is 0 Å². The fraction of sp³-hybridized carbons (Fsp3) is 0.0714. The molecule has 1 amide bonds. The van der Waals surface area contributed by atoms with Crippen LogP contribution in [0.1, 0.15) is 16.1 Å². The van der Waals surface area contributed by atoms with Gasteiger partial charge in [0.2, 0.25) is 0 Å². The van der Waals surface area contributed by atoms with Gasteiger partial charge in [-0.15, -0.1) is 0 Å². The van der Waals surface area contributed by atoms with Gasteiger partial charge < -0.3 is 10.5 Å². The Morgan fingerprint density at radius 3 is 2.32 bits per heavy atom. The van der Waals surface area contributed by atoms with Crippen molar-refractivity contribution in [3.05, 3.63) is 66.0 Å². The first kappa shape index (κ1) is 14.4. The first-order chi connectivity index (χ1) is 9.22. The molecule has 0 saturated carbocycles. The summed E-state index contributed by atoms with van der Waals surface area (Å²) in [4.78, 5) is 23.8. The third kappa shape index (κ3) is 6.58. The molecule has 0 atom stereocenters. The van der Waals surface area contributed by atoms with Crippen molar-refractivity contribution in [2.75, 3.05) is 0 Å². The van der Waals surface area contributed by atoms with Gasteiger partial charge in [0.25, 0.3) is 0 Å². The van der Waals surface area contributed by atoms with Crippen LogP contribution in [0.25, 0.3) is 0 Å². The second kappa shape index (κ2) is 8.41. The van der Waals surface area contributed by atoms with Crippen molar-refractivity contribution in [2.24, 2.45) is 5.73 Å². The molecule has 0 aliphatic heterocycles. The van der Waals surface area contributed by atoms with Crippen molar-refractivity contribution < 1.29 is 14.3 Å². The number of pyridine rings is 1. The first-order valence-corrected chi connectivity index (χ1v) is 5.54. The second-order valence-corrected chi connectivity index (χ2v) is 3.47. The van der Waals surface area contributed by atoms with E-state index in [1.807, 2.05) is 30.3 Å². The topological polar surface area (TPSA) is 82.3 Å². The van der Waals surface area contributed by atoms with Crippen molar-refractivity contribution in [3.63, 3.8) is 0 Å². The maximum Gasteiger partial charge on any atom is 0.404 e. The average Bonchev–Trinajstić information content (AvgIpc) is 2.48. The number of hydrogen-bond acceptors (Lipinski definition) is 4. The van der Waals surface area contributed by atoms with E-state index in [1.54, 1.807) is 24.4 Å². The van der Waals surface area contributed by atoms with Gasteiger partial charge in [-0.3, -0.25) is 9.78 Å². The van der Waals surface area contributed by atoms with E-state index in [1.165, 1.54) is 0 Å². The van der Waals surface area contributed by atoms with Crippen LogP contribution in [0.15, 0.2) is 54.7 Å². The molecule has 5 heteroatoms. The summed E-state index contributed by atoms with van der Waals surface area (Å²) in [7, 11) is 0. The van der Waals surface area contributed by atoms with E-state index < -0.39 is 6.09 Å². The molecule has 98 valence electrons. The molecule has 2 rings (SSSR count). The molecule has 19 heavy (non-hydrogen) atoms. The number of aldehydes is 1. The lowest BCUT2D eigenvalue weighted by molar-refractivity contribution is 0.111. The van der Waals surface area contributed by atoms with Gasteiger partial charge in [0.05, 0.1) is 0 Å². The Labute approximate surface area is 111 Å². The number of hydrogen-bond donors (Lipinski definition) is 1. The lowest BCUT2D eigenvalue weighted by Crippen LogP contribution is -2.12. The van der Waals surface area contributed by atoms with Gasteiger partial charge in [0.15, 0.2) is 6.29 Å². The van der Waals surface area contributed by atoms with Crippen LogP contribution in [0.5, 0.6) is 0 Å². The summed E-state index contributed by atoms with van der Waals surface area (Å²) in [6.07, 6.45) is 1.57. The Morgan fingerprint density at radius 1 is 1.16 bits per heavy atom. The second-order valence-electron chi connectivity index (χ2n) is 3.47. The number of ether oxygens (including phenoxy) is 1. The fourth-order valence-electron chi connectivity index (χ4n) is 1.17. The molecule has 0 aliphatic rings. The van der Waals surface area contributed by atoms with E-state index in [4.69, 9.17) is 5.73 Å². The molecule has 0 radical (unpaired) electrons. The summed E-state index contributed by atoms with van der Waals surface area (Å²) >= 11 is 0. The van der Waals surface area contributed by atoms with Crippen molar-refractivity contribution in [1.82, 2.24) is 4.98 Å². The molecule has 2 aromatic rings. The average molecular weight is 258 g/mol. The normalized spacial score (nSPS) is 8.84. The minimum absolute atomic E-state index is 0.246. The van der Waals surface area contributed by atoms with Crippen molar-refractivity contribution in [3.8, 4) is 0 Å². The van der Waals surface area contributed by atoms with Gasteiger partial charge in [-0.25, -0.2) is 4.79 Å². The summed E-state index contributed by atoms with van der Waals surface area (Å²) in [5.74, 6) is 0. The van der Waals surface area contributed by atoms with E-state index in [0.29, 0.717) is 5.69 Å². The summed E-state index contributed by atoms with van der Waals surface area (Å²) < 4.78 is 4.57. The van der Waals surface area contributed by atoms with Crippen LogP contribution in [0, 0.1) is 0 Å². The molecule has 0 saturated heterocycles. The lowest BCUT2D eigenvalue weighted by Gasteiger charge is -1.99. The van der Waals surface area contributed by atoms with Crippen LogP contribution in [0.2, 0.25) is 0 Å². The third-order valence-corrected chi connectivity index (χ3v) is 2.03. The summed E-state index contributed by atoms with van der Waals surface area (Å²) in [6.45, 7) is 0.246. The largest absolute Gasteiger partial charge is 0.445 e. The Hall–Kier alpha value is -2.69. The quantitative estimate of drug-likeness (QED) is 0.855. The van der Waals surface area contributed by atoms with Gasteiger partial charge in [-0.1, -0.05) is 36.4 Å². The monoisotopic (exact) mass is 258 g/mol. The number of nitrogens with zero attached hydrogens (tertiary/aromatic N) is 1. The van der Waals surface area contributed by atoms with E-state index in [9.17, 15) is 9.59 Å². The zero-order valence-electron chi connectivity index (χ0n) is 10.2. The number of aromatic nitrogens is 1. The molecule has 0 spiro atoms. The predicted molar refractivity (Wildman–Crippen MR) is 70.4 cm³/mol. The zero-order chi connectivity index (χ0) is 13.9. The summed E-state index contributed by atoms with van der Waals surface area (Å²) in [6, 6.07) is 14.6. The summed E-state index contributed by atoms with van der Waals surface area (Å²) in [5, 5.41) is 0. The highest BCUT2D eigenvalue weighted by Crippen LogP contribution is 1.99. The molecule has 5 nitrogen and oxygen atoms in total. The number of rotatable bonds is 3. The van der Waals surface area contributed by atoms with Crippen LogP contribution in [0.4, 0.5) is 4.79 Å². The Kier molecular flexibility index (Phi) is 6.36. The van der Waals surface area contributed by atoms with Crippen LogP contribution in [-0.4, -0.2) is 17.4 Å². The maximum atomic E-state index is 10.2. The molecular formula is C14H14N2O3. The minimum atomic E-state index is -0.742. The Balaban J connectivity index is 0.000000200.